The van der Waals surface area contributed by atoms with Gasteiger partial charge in [-0.1, -0.05) is 18.2 Å². The average molecular weight is 453 g/mol. The number of anilines is 1. The van der Waals surface area contributed by atoms with Gasteiger partial charge in [-0.3, -0.25) is 4.90 Å². The van der Waals surface area contributed by atoms with Crippen LogP contribution < -0.4 is 4.90 Å². The van der Waals surface area contributed by atoms with Gasteiger partial charge in [0.2, 0.25) is 0 Å². The van der Waals surface area contributed by atoms with Gasteiger partial charge in [-0.25, -0.2) is 13.5 Å². The van der Waals surface area contributed by atoms with Crippen molar-refractivity contribution >= 4 is 17.0 Å². The van der Waals surface area contributed by atoms with Crippen molar-refractivity contribution in [2.24, 2.45) is 0 Å². The van der Waals surface area contributed by atoms with E-state index in [9.17, 15) is 8.78 Å². The summed E-state index contributed by atoms with van der Waals surface area (Å²) in [6.45, 7) is 3.77. The minimum Gasteiger partial charge on any atom is -0.369 e. The van der Waals surface area contributed by atoms with Crippen LogP contribution in [0.2, 0.25) is 0 Å². The summed E-state index contributed by atoms with van der Waals surface area (Å²) in [5, 5.41) is 14.6. The molecule has 2 aromatic carbocycles. The van der Waals surface area contributed by atoms with E-state index in [0.29, 0.717) is 6.54 Å². The lowest BCUT2D eigenvalue weighted by Crippen LogP contribution is -2.48. The molecule has 0 bridgehead atoms. The lowest BCUT2D eigenvalue weighted by molar-refractivity contribution is 0.204. The van der Waals surface area contributed by atoms with E-state index in [2.05, 4.69) is 36.8 Å². The number of thiophene rings is 1. The average Bonchev–Trinajstić information content (AvgIpc) is 3.50. The maximum absolute atomic E-state index is 13.3. The van der Waals surface area contributed by atoms with Crippen LogP contribution in [-0.2, 0) is 6.54 Å². The number of hydrogen-bond donors (Lipinski definition) is 0. The van der Waals surface area contributed by atoms with Crippen LogP contribution in [-0.4, -0.2) is 51.3 Å². The molecule has 4 aromatic rings. The van der Waals surface area contributed by atoms with Gasteiger partial charge in [0.15, 0.2) is 5.82 Å². The molecule has 2 aromatic heterocycles. The van der Waals surface area contributed by atoms with Gasteiger partial charge in [-0.15, -0.1) is 16.4 Å². The molecule has 0 saturated carbocycles. The Morgan fingerprint density at radius 1 is 0.875 bits per heavy atom. The van der Waals surface area contributed by atoms with E-state index in [1.54, 1.807) is 28.2 Å². The summed E-state index contributed by atoms with van der Waals surface area (Å²) in [4.78, 5) is 5.83. The predicted molar refractivity (Wildman–Crippen MR) is 120 cm³/mol. The van der Waals surface area contributed by atoms with Crippen molar-refractivity contribution in [1.82, 2.24) is 25.1 Å². The third-order valence-corrected chi connectivity index (χ3v) is 6.66. The van der Waals surface area contributed by atoms with Crippen molar-refractivity contribution in [3.05, 3.63) is 93.9 Å². The molecule has 1 saturated heterocycles. The summed E-state index contributed by atoms with van der Waals surface area (Å²) in [5.74, 6) is 0.284. The van der Waals surface area contributed by atoms with Crippen molar-refractivity contribution in [2.75, 3.05) is 31.1 Å². The van der Waals surface area contributed by atoms with Crippen LogP contribution in [0.25, 0.3) is 0 Å². The highest BCUT2D eigenvalue weighted by Gasteiger charge is 2.31. The Bertz CT molecular complexity index is 1140. The zero-order valence-corrected chi connectivity index (χ0v) is 18.1. The largest absolute Gasteiger partial charge is 0.369 e. The molecular formula is C23H22F2N6S. The number of rotatable bonds is 6. The fraction of sp³-hybridized carbons (Fsp3) is 0.261. The van der Waals surface area contributed by atoms with Gasteiger partial charge in [0.25, 0.3) is 0 Å². The third kappa shape index (κ3) is 4.39. The molecule has 164 valence electrons. The lowest BCUT2D eigenvalue weighted by Gasteiger charge is -2.39. The van der Waals surface area contributed by atoms with Crippen LogP contribution in [0.1, 0.15) is 22.3 Å². The molecule has 1 fully saturated rings. The first kappa shape index (κ1) is 20.7. The van der Waals surface area contributed by atoms with Crippen LogP contribution in [0, 0.1) is 11.6 Å². The van der Waals surface area contributed by atoms with Crippen molar-refractivity contribution in [1.29, 1.82) is 0 Å². The molecule has 1 atom stereocenters. The third-order valence-electron chi connectivity index (χ3n) is 5.73. The Balaban J connectivity index is 1.37. The minimum atomic E-state index is -0.263. The number of piperazine rings is 1. The molecular weight excluding hydrogens is 430 g/mol. The second-order valence-electron chi connectivity index (χ2n) is 7.74. The minimum absolute atomic E-state index is 0.0687. The van der Waals surface area contributed by atoms with Gasteiger partial charge in [0.1, 0.15) is 17.7 Å². The van der Waals surface area contributed by atoms with Crippen LogP contribution >= 0.6 is 11.3 Å². The predicted octanol–water partition coefficient (Wildman–Crippen LogP) is 3.97. The van der Waals surface area contributed by atoms with Gasteiger partial charge in [-0.2, -0.15) is 0 Å². The highest BCUT2D eigenvalue weighted by atomic mass is 32.1. The van der Waals surface area contributed by atoms with Gasteiger partial charge in [-0.05, 0) is 63.8 Å². The normalized spacial score (nSPS) is 15.8. The number of nitrogens with zero attached hydrogens (tertiary/aromatic N) is 6. The zero-order chi connectivity index (χ0) is 21.9. The SMILES string of the molecule is Fc1ccc(Cn2nnnc2[C@H](c2cccs2)N2CCN(c3ccc(F)cc3)CC2)cc1. The number of tetrazole rings is 1. The van der Waals surface area contributed by atoms with Gasteiger partial charge < -0.3 is 4.90 Å². The quantitative estimate of drug-likeness (QED) is 0.443. The van der Waals surface area contributed by atoms with E-state index in [-0.39, 0.29) is 17.7 Å². The van der Waals surface area contributed by atoms with E-state index in [4.69, 9.17) is 0 Å². The fourth-order valence-corrected chi connectivity index (χ4v) is 4.95. The standard InChI is InChI=1S/C23H22F2N6S/c24-18-5-3-17(4-6-18)16-31-23(26-27-28-31)22(21-2-1-15-32-21)30-13-11-29(12-14-30)20-9-7-19(25)8-10-20/h1-10,15,22H,11-14,16H2/t22-/m0/s1. The highest BCUT2D eigenvalue weighted by molar-refractivity contribution is 7.10. The van der Waals surface area contributed by atoms with E-state index < -0.39 is 0 Å². The van der Waals surface area contributed by atoms with Gasteiger partial charge in [0, 0.05) is 36.7 Å². The van der Waals surface area contributed by atoms with E-state index in [1.165, 1.54) is 29.1 Å². The highest BCUT2D eigenvalue weighted by Crippen LogP contribution is 2.32. The Morgan fingerprint density at radius 3 is 2.22 bits per heavy atom. The Morgan fingerprint density at radius 2 is 1.56 bits per heavy atom. The molecule has 32 heavy (non-hydrogen) atoms. The van der Waals surface area contributed by atoms with E-state index >= 15 is 0 Å². The number of benzene rings is 2. The molecule has 0 aliphatic carbocycles. The van der Waals surface area contributed by atoms with E-state index in [0.717, 1.165) is 43.3 Å². The first-order valence-electron chi connectivity index (χ1n) is 10.5. The van der Waals surface area contributed by atoms with Crippen molar-refractivity contribution in [3.63, 3.8) is 0 Å². The Kier molecular flexibility index (Phi) is 5.91. The second kappa shape index (κ2) is 9.13. The summed E-state index contributed by atoms with van der Waals surface area (Å²) in [7, 11) is 0. The zero-order valence-electron chi connectivity index (χ0n) is 17.3. The van der Waals surface area contributed by atoms with Gasteiger partial charge in [0.05, 0.1) is 6.54 Å². The summed E-state index contributed by atoms with van der Waals surface area (Å²) >= 11 is 1.68. The second-order valence-corrected chi connectivity index (χ2v) is 8.72. The molecule has 1 aliphatic rings. The molecule has 1 aliphatic heterocycles. The summed E-state index contributed by atoms with van der Waals surface area (Å²) < 4.78 is 28.4. The molecule has 0 unspecified atom stereocenters. The molecule has 0 N–H and O–H groups in total. The maximum atomic E-state index is 13.3. The first-order chi connectivity index (χ1) is 15.7. The van der Waals surface area contributed by atoms with Crippen LogP contribution in [0.4, 0.5) is 14.5 Å². The first-order valence-corrected chi connectivity index (χ1v) is 11.3. The molecule has 5 rings (SSSR count). The molecule has 6 nitrogen and oxygen atoms in total. The fourth-order valence-electron chi connectivity index (χ4n) is 4.09. The van der Waals surface area contributed by atoms with Crippen LogP contribution in [0.15, 0.2) is 66.0 Å². The monoisotopic (exact) mass is 452 g/mol. The number of hydrogen-bond acceptors (Lipinski definition) is 6. The van der Waals surface area contributed by atoms with Crippen molar-refractivity contribution < 1.29 is 8.78 Å². The number of aromatic nitrogens is 4. The Hall–Kier alpha value is -3.17. The molecule has 9 heteroatoms. The number of halogens is 2. The van der Waals surface area contributed by atoms with Crippen LogP contribution in [0.3, 0.4) is 0 Å². The van der Waals surface area contributed by atoms with Crippen molar-refractivity contribution in [3.8, 4) is 0 Å². The molecule has 0 spiro atoms. The molecule has 0 radical (unpaired) electrons. The topological polar surface area (TPSA) is 50.1 Å². The van der Waals surface area contributed by atoms with Crippen molar-refractivity contribution in [2.45, 2.75) is 12.6 Å². The smallest absolute Gasteiger partial charge is 0.174 e. The molecule has 0 amide bonds. The van der Waals surface area contributed by atoms with E-state index in [1.807, 2.05) is 18.2 Å². The Labute approximate surface area is 188 Å². The van der Waals surface area contributed by atoms with Crippen LogP contribution in [0.5, 0.6) is 0 Å². The summed E-state index contributed by atoms with van der Waals surface area (Å²) in [6.07, 6.45) is 0. The summed E-state index contributed by atoms with van der Waals surface area (Å²) in [5.41, 5.74) is 1.96. The van der Waals surface area contributed by atoms with Gasteiger partial charge >= 0.3 is 0 Å². The maximum Gasteiger partial charge on any atom is 0.174 e. The molecule has 3 heterocycles. The summed E-state index contributed by atoms with van der Waals surface area (Å²) in [6, 6.07) is 17.1. The lowest BCUT2D eigenvalue weighted by atomic mass is 10.1.